The predicted octanol–water partition coefficient (Wildman–Crippen LogP) is 4.12. The van der Waals surface area contributed by atoms with Crippen LogP contribution in [-0.2, 0) is 5.75 Å². The van der Waals surface area contributed by atoms with Gasteiger partial charge >= 0.3 is 0 Å². The molecule has 0 radical (unpaired) electrons. The van der Waals surface area contributed by atoms with Crippen LogP contribution in [0.2, 0.25) is 0 Å². The molecule has 7 heteroatoms. The summed E-state index contributed by atoms with van der Waals surface area (Å²) < 4.78 is 7.68. The second-order valence-corrected chi connectivity index (χ2v) is 6.34. The van der Waals surface area contributed by atoms with Crippen LogP contribution in [0.1, 0.15) is 16.9 Å². The van der Waals surface area contributed by atoms with Gasteiger partial charge in [0, 0.05) is 5.75 Å². The third kappa shape index (κ3) is 3.86. The Morgan fingerprint density at radius 3 is 2.82 bits per heavy atom. The highest BCUT2D eigenvalue weighted by Crippen LogP contribution is 2.21. The van der Waals surface area contributed by atoms with Crippen LogP contribution in [-0.4, -0.2) is 21.1 Å². The number of benzene rings is 1. The number of aromatic nitrogens is 3. The van der Waals surface area contributed by atoms with Crippen molar-refractivity contribution in [3.63, 3.8) is 0 Å². The standard InChI is InChI=1S/C15H13BrN4OS/c1-11-2-4-12(5-3-11)9-22-15-19-17-10-20(15)18-8-13-6-7-14(16)21-13/h2-8,10H,9H2,1H3/b18-8-. The fraction of sp³-hybridized carbons (Fsp3) is 0.133. The van der Waals surface area contributed by atoms with Gasteiger partial charge in [-0.2, -0.15) is 9.78 Å². The van der Waals surface area contributed by atoms with E-state index in [1.165, 1.54) is 11.1 Å². The highest BCUT2D eigenvalue weighted by Gasteiger charge is 2.05. The summed E-state index contributed by atoms with van der Waals surface area (Å²) in [4.78, 5) is 0. The minimum Gasteiger partial charge on any atom is -0.448 e. The number of nitrogens with zero attached hydrogens (tertiary/aromatic N) is 4. The monoisotopic (exact) mass is 376 g/mol. The summed E-state index contributed by atoms with van der Waals surface area (Å²) in [7, 11) is 0. The van der Waals surface area contributed by atoms with E-state index in [-0.39, 0.29) is 0 Å². The molecular formula is C15H13BrN4OS. The lowest BCUT2D eigenvalue weighted by Gasteiger charge is -2.01. The molecule has 1 aromatic carbocycles. The van der Waals surface area contributed by atoms with Gasteiger partial charge < -0.3 is 4.42 Å². The van der Waals surface area contributed by atoms with E-state index in [0.29, 0.717) is 10.4 Å². The van der Waals surface area contributed by atoms with Crippen LogP contribution < -0.4 is 0 Å². The second kappa shape index (κ2) is 6.93. The first-order valence-corrected chi connectivity index (χ1v) is 8.36. The van der Waals surface area contributed by atoms with E-state index < -0.39 is 0 Å². The SMILES string of the molecule is Cc1ccc(CSc2nncn2/N=C\c2ccc(Br)o2)cc1. The molecule has 0 saturated heterocycles. The normalized spacial score (nSPS) is 11.4. The summed E-state index contributed by atoms with van der Waals surface area (Å²) in [6, 6.07) is 12.1. The Morgan fingerprint density at radius 2 is 2.09 bits per heavy atom. The van der Waals surface area contributed by atoms with Crippen molar-refractivity contribution in [2.45, 2.75) is 17.8 Å². The maximum Gasteiger partial charge on any atom is 0.212 e. The van der Waals surface area contributed by atoms with E-state index in [4.69, 9.17) is 4.42 Å². The van der Waals surface area contributed by atoms with E-state index in [2.05, 4.69) is 62.4 Å². The number of hydrogen-bond donors (Lipinski definition) is 0. The van der Waals surface area contributed by atoms with Crippen molar-refractivity contribution >= 4 is 33.9 Å². The number of aryl methyl sites for hydroxylation is 1. The molecule has 0 aliphatic heterocycles. The summed E-state index contributed by atoms with van der Waals surface area (Å²) in [6.45, 7) is 2.08. The molecule has 0 aliphatic rings. The van der Waals surface area contributed by atoms with Gasteiger partial charge in [0.15, 0.2) is 4.67 Å². The lowest BCUT2D eigenvalue weighted by molar-refractivity contribution is 0.533. The van der Waals surface area contributed by atoms with Crippen LogP contribution >= 0.6 is 27.7 Å². The molecule has 0 atom stereocenters. The van der Waals surface area contributed by atoms with Crippen molar-refractivity contribution in [1.29, 1.82) is 0 Å². The Hall–Kier alpha value is -1.86. The summed E-state index contributed by atoms with van der Waals surface area (Å²) in [5.41, 5.74) is 2.50. The van der Waals surface area contributed by atoms with Crippen LogP contribution in [0.5, 0.6) is 0 Å². The number of furan rings is 1. The first-order valence-electron chi connectivity index (χ1n) is 6.59. The van der Waals surface area contributed by atoms with Gasteiger partial charge in [-0.1, -0.05) is 41.6 Å². The van der Waals surface area contributed by atoms with Crippen molar-refractivity contribution in [3.05, 3.63) is 64.3 Å². The second-order valence-electron chi connectivity index (χ2n) is 4.62. The number of thioether (sulfide) groups is 1. The topological polar surface area (TPSA) is 56.2 Å². The number of hydrogen-bond acceptors (Lipinski definition) is 5. The molecule has 0 amide bonds. The van der Waals surface area contributed by atoms with Crippen LogP contribution in [0, 0.1) is 6.92 Å². The van der Waals surface area contributed by atoms with Gasteiger partial charge in [0.05, 0.1) is 6.21 Å². The molecule has 0 saturated carbocycles. The molecule has 22 heavy (non-hydrogen) atoms. The molecule has 0 bridgehead atoms. The lowest BCUT2D eigenvalue weighted by atomic mass is 10.2. The van der Waals surface area contributed by atoms with Gasteiger partial charge in [0.25, 0.3) is 0 Å². The van der Waals surface area contributed by atoms with Crippen molar-refractivity contribution in [1.82, 2.24) is 14.9 Å². The lowest BCUT2D eigenvalue weighted by Crippen LogP contribution is -1.92. The van der Waals surface area contributed by atoms with Crippen LogP contribution in [0.25, 0.3) is 0 Å². The Bertz CT molecular complexity index is 779. The first kappa shape index (κ1) is 15.1. The minimum atomic E-state index is 0.662. The van der Waals surface area contributed by atoms with E-state index in [1.54, 1.807) is 29.0 Å². The number of rotatable bonds is 5. The quantitative estimate of drug-likeness (QED) is 0.496. The third-order valence-electron chi connectivity index (χ3n) is 2.89. The molecule has 3 aromatic rings. The van der Waals surface area contributed by atoms with E-state index >= 15 is 0 Å². The molecule has 0 spiro atoms. The first-order chi connectivity index (χ1) is 10.7. The highest BCUT2D eigenvalue weighted by molar-refractivity contribution is 9.10. The van der Waals surface area contributed by atoms with Gasteiger partial charge in [-0.3, -0.25) is 0 Å². The average Bonchev–Trinajstić information content (AvgIpc) is 3.13. The minimum absolute atomic E-state index is 0.662. The molecule has 0 fully saturated rings. The van der Waals surface area contributed by atoms with E-state index in [9.17, 15) is 0 Å². The summed E-state index contributed by atoms with van der Waals surface area (Å²) in [6.07, 6.45) is 3.20. The molecule has 0 aliphatic carbocycles. The average molecular weight is 377 g/mol. The highest BCUT2D eigenvalue weighted by atomic mass is 79.9. The van der Waals surface area contributed by atoms with Crippen LogP contribution in [0.3, 0.4) is 0 Å². The van der Waals surface area contributed by atoms with E-state index in [1.807, 2.05) is 12.1 Å². The van der Waals surface area contributed by atoms with Crippen molar-refractivity contribution in [3.8, 4) is 0 Å². The Morgan fingerprint density at radius 1 is 1.27 bits per heavy atom. The van der Waals surface area contributed by atoms with Gasteiger partial charge in [0.2, 0.25) is 5.16 Å². The Balaban J connectivity index is 1.67. The van der Waals surface area contributed by atoms with Gasteiger partial charge in [-0.05, 0) is 40.5 Å². The molecule has 2 heterocycles. The fourth-order valence-corrected chi connectivity index (χ4v) is 2.88. The van der Waals surface area contributed by atoms with E-state index in [0.717, 1.165) is 10.9 Å². The van der Waals surface area contributed by atoms with Crippen molar-refractivity contribution < 1.29 is 4.42 Å². The molecule has 2 aromatic heterocycles. The largest absolute Gasteiger partial charge is 0.448 e. The predicted molar refractivity (Wildman–Crippen MR) is 90.2 cm³/mol. The maximum atomic E-state index is 5.37. The van der Waals surface area contributed by atoms with Gasteiger partial charge in [0.1, 0.15) is 12.1 Å². The summed E-state index contributed by atoms with van der Waals surface area (Å²) >= 11 is 4.85. The molecule has 5 nitrogen and oxygen atoms in total. The van der Waals surface area contributed by atoms with Gasteiger partial charge in [-0.25, -0.2) is 0 Å². The molecule has 3 rings (SSSR count). The third-order valence-corrected chi connectivity index (χ3v) is 4.32. The molecule has 0 unspecified atom stereocenters. The number of halogens is 1. The van der Waals surface area contributed by atoms with Crippen LogP contribution in [0.15, 0.2) is 62.1 Å². The maximum absolute atomic E-state index is 5.37. The zero-order valence-corrected chi connectivity index (χ0v) is 14.2. The summed E-state index contributed by atoms with van der Waals surface area (Å²) in [5, 5.41) is 13.0. The van der Waals surface area contributed by atoms with Crippen molar-refractivity contribution in [2.24, 2.45) is 5.10 Å². The smallest absolute Gasteiger partial charge is 0.212 e. The zero-order valence-electron chi connectivity index (χ0n) is 11.8. The molecule has 0 N–H and O–H groups in total. The van der Waals surface area contributed by atoms with Crippen LogP contribution in [0.4, 0.5) is 0 Å². The molecule has 112 valence electrons. The fourth-order valence-electron chi connectivity index (χ4n) is 1.74. The van der Waals surface area contributed by atoms with Gasteiger partial charge in [-0.15, -0.1) is 10.2 Å². The Kier molecular flexibility index (Phi) is 4.74. The summed E-state index contributed by atoms with van der Waals surface area (Å²) in [5.74, 6) is 1.48. The van der Waals surface area contributed by atoms with Crippen molar-refractivity contribution in [2.75, 3.05) is 0 Å². The molecular weight excluding hydrogens is 364 g/mol. The zero-order chi connectivity index (χ0) is 15.4. The Labute approximate surface area is 140 Å².